The molecule has 0 radical (unpaired) electrons. The average molecular weight is 351 g/mol. The lowest BCUT2D eigenvalue weighted by Crippen LogP contribution is -2.16. The van der Waals surface area contributed by atoms with Crippen LogP contribution in [0, 0.1) is 23.0 Å². The Kier molecular flexibility index (Phi) is 4.80. The van der Waals surface area contributed by atoms with Gasteiger partial charge in [0.1, 0.15) is 34.9 Å². The number of rotatable bonds is 4. The van der Waals surface area contributed by atoms with Gasteiger partial charge in [-0.1, -0.05) is 18.2 Å². The molecule has 0 saturated carbocycles. The molecule has 0 saturated heterocycles. The predicted molar refractivity (Wildman–Crippen MR) is 90.8 cm³/mol. The lowest BCUT2D eigenvalue weighted by molar-refractivity contribution is 0.102. The van der Waals surface area contributed by atoms with Crippen LogP contribution in [0.25, 0.3) is 0 Å². The Morgan fingerprint density at radius 3 is 2.38 bits per heavy atom. The Morgan fingerprint density at radius 1 is 1.00 bits per heavy atom. The van der Waals surface area contributed by atoms with Crippen LogP contribution in [0.5, 0.6) is 0 Å². The SMILES string of the molecule is N#Cc1ccccc1Nc1cnc(C(=O)Nc2c(F)cccc2F)cn1. The molecular formula is C18H11F2N5O. The van der Waals surface area contributed by atoms with Crippen LogP contribution in [0.4, 0.5) is 26.0 Å². The molecule has 2 aromatic carbocycles. The maximum Gasteiger partial charge on any atom is 0.276 e. The summed E-state index contributed by atoms with van der Waals surface area (Å²) in [5.41, 5.74) is 0.289. The molecule has 128 valence electrons. The van der Waals surface area contributed by atoms with Crippen LogP contribution in [0.1, 0.15) is 16.1 Å². The number of carbonyl (C=O) groups is 1. The zero-order valence-electron chi connectivity index (χ0n) is 13.2. The summed E-state index contributed by atoms with van der Waals surface area (Å²) >= 11 is 0. The molecule has 3 rings (SSSR count). The highest BCUT2D eigenvalue weighted by Crippen LogP contribution is 2.20. The van der Waals surface area contributed by atoms with E-state index in [1.165, 1.54) is 12.3 Å². The van der Waals surface area contributed by atoms with Crippen molar-refractivity contribution < 1.29 is 13.6 Å². The van der Waals surface area contributed by atoms with Gasteiger partial charge in [-0.3, -0.25) is 4.79 Å². The molecule has 6 nitrogen and oxygen atoms in total. The number of nitrogens with zero attached hydrogens (tertiary/aromatic N) is 3. The molecule has 26 heavy (non-hydrogen) atoms. The van der Waals surface area contributed by atoms with Crippen molar-refractivity contribution in [1.82, 2.24) is 9.97 Å². The summed E-state index contributed by atoms with van der Waals surface area (Å²) in [6.45, 7) is 0. The largest absolute Gasteiger partial charge is 0.338 e. The first-order valence-corrected chi connectivity index (χ1v) is 7.42. The fourth-order valence-corrected chi connectivity index (χ4v) is 2.13. The molecule has 0 fully saturated rings. The van der Waals surface area contributed by atoms with Gasteiger partial charge < -0.3 is 10.6 Å². The number of hydrogen-bond donors (Lipinski definition) is 2. The summed E-state index contributed by atoms with van der Waals surface area (Å²) in [5, 5.41) is 14.1. The van der Waals surface area contributed by atoms with Crippen molar-refractivity contribution in [2.75, 3.05) is 10.6 Å². The third-order valence-electron chi connectivity index (χ3n) is 3.40. The first kappa shape index (κ1) is 17.0. The predicted octanol–water partition coefficient (Wildman–Crippen LogP) is 3.62. The minimum absolute atomic E-state index is 0.119. The van der Waals surface area contributed by atoms with E-state index in [0.717, 1.165) is 18.3 Å². The first-order chi connectivity index (χ1) is 12.6. The van der Waals surface area contributed by atoms with Crippen molar-refractivity contribution in [3.05, 3.63) is 77.8 Å². The summed E-state index contributed by atoms with van der Waals surface area (Å²) in [6.07, 6.45) is 2.44. The molecule has 0 bridgehead atoms. The monoisotopic (exact) mass is 351 g/mol. The zero-order chi connectivity index (χ0) is 18.5. The highest BCUT2D eigenvalue weighted by atomic mass is 19.1. The molecule has 0 aliphatic heterocycles. The zero-order valence-corrected chi connectivity index (χ0v) is 13.2. The van der Waals surface area contributed by atoms with Gasteiger partial charge in [0.05, 0.1) is 23.6 Å². The lowest BCUT2D eigenvalue weighted by atomic mass is 10.2. The molecule has 2 N–H and O–H groups in total. The van der Waals surface area contributed by atoms with Gasteiger partial charge in [-0.25, -0.2) is 18.7 Å². The van der Waals surface area contributed by atoms with Crippen molar-refractivity contribution in [2.45, 2.75) is 0 Å². The van der Waals surface area contributed by atoms with Crippen LogP contribution >= 0.6 is 0 Å². The van der Waals surface area contributed by atoms with Crippen LogP contribution in [0.3, 0.4) is 0 Å². The van der Waals surface area contributed by atoms with Crippen molar-refractivity contribution in [3.63, 3.8) is 0 Å². The second-order valence-corrected chi connectivity index (χ2v) is 5.12. The van der Waals surface area contributed by atoms with Gasteiger partial charge in [-0.15, -0.1) is 0 Å². The van der Waals surface area contributed by atoms with Crippen LogP contribution in [0.2, 0.25) is 0 Å². The number of para-hydroxylation sites is 2. The standard InChI is InChI=1S/C18H11F2N5O/c19-12-5-3-6-13(20)17(12)25-18(26)15-9-23-16(10-22-15)24-14-7-2-1-4-11(14)8-21/h1-7,9-10H,(H,23,24)(H,25,26). The maximum atomic E-state index is 13.6. The maximum absolute atomic E-state index is 13.6. The number of aromatic nitrogens is 2. The van der Waals surface area contributed by atoms with E-state index in [0.29, 0.717) is 17.1 Å². The van der Waals surface area contributed by atoms with Crippen LogP contribution in [-0.4, -0.2) is 15.9 Å². The van der Waals surface area contributed by atoms with Crippen molar-refractivity contribution in [3.8, 4) is 6.07 Å². The van der Waals surface area contributed by atoms with E-state index in [1.54, 1.807) is 24.3 Å². The molecular weight excluding hydrogens is 340 g/mol. The number of anilines is 3. The van der Waals surface area contributed by atoms with Gasteiger partial charge in [0, 0.05) is 0 Å². The van der Waals surface area contributed by atoms with E-state index in [9.17, 15) is 13.6 Å². The number of benzene rings is 2. The normalized spacial score (nSPS) is 10.0. The number of nitriles is 1. The van der Waals surface area contributed by atoms with Gasteiger partial charge in [0.15, 0.2) is 0 Å². The van der Waals surface area contributed by atoms with Gasteiger partial charge >= 0.3 is 0 Å². The molecule has 0 aliphatic carbocycles. The van der Waals surface area contributed by atoms with E-state index >= 15 is 0 Å². The molecule has 8 heteroatoms. The van der Waals surface area contributed by atoms with E-state index in [1.807, 2.05) is 6.07 Å². The van der Waals surface area contributed by atoms with Crippen LogP contribution in [-0.2, 0) is 0 Å². The van der Waals surface area contributed by atoms with Gasteiger partial charge in [0.2, 0.25) is 0 Å². The summed E-state index contributed by atoms with van der Waals surface area (Å²) in [5.74, 6) is -2.28. The van der Waals surface area contributed by atoms with Crippen molar-refractivity contribution in [2.24, 2.45) is 0 Å². The Labute approximate surface area is 147 Å². The second kappa shape index (κ2) is 7.36. The third kappa shape index (κ3) is 3.62. The van der Waals surface area contributed by atoms with E-state index in [2.05, 4.69) is 20.6 Å². The third-order valence-corrected chi connectivity index (χ3v) is 3.40. The molecule has 1 heterocycles. The van der Waals surface area contributed by atoms with Crippen LogP contribution in [0.15, 0.2) is 54.9 Å². The highest BCUT2D eigenvalue weighted by molar-refractivity contribution is 6.02. The fraction of sp³-hybridized carbons (Fsp3) is 0. The summed E-state index contributed by atoms with van der Waals surface area (Å²) in [6, 6.07) is 12.1. The number of carbonyl (C=O) groups excluding carboxylic acids is 1. The van der Waals surface area contributed by atoms with Gasteiger partial charge in [-0.05, 0) is 24.3 Å². The quantitative estimate of drug-likeness (QED) is 0.749. The minimum Gasteiger partial charge on any atom is -0.338 e. The molecule has 0 unspecified atom stereocenters. The summed E-state index contributed by atoms with van der Waals surface area (Å²) < 4.78 is 27.2. The Bertz CT molecular complexity index is 979. The minimum atomic E-state index is -0.891. The van der Waals surface area contributed by atoms with Gasteiger partial charge in [-0.2, -0.15) is 5.26 Å². The summed E-state index contributed by atoms with van der Waals surface area (Å²) in [4.78, 5) is 20.0. The van der Waals surface area contributed by atoms with Crippen molar-refractivity contribution >= 4 is 23.1 Å². The number of amides is 1. The van der Waals surface area contributed by atoms with Crippen LogP contribution < -0.4 is 10.6 Å². The Hall–Kier alpha value is -3.86. The Morgan fingerprint density at radius 2 is 1.73 bits per heavy atom. The summed E-state index contributed by atoms with van der Waals surface area (Å²) in [7, 11) is 0. The number of nitrogens with one attached hydrogen (secondary N) is 2. The average Bonchev–Trinajstić information content (AvgIpc) is 2.66. The molecule has 0 aliphatic rings. The van der Waals surface area contributed by atoms with Crippen molar-refractivity contribution in [1.29, 1.82) is 5.26 Å². The number of halogens is 2. The molecule has 0 atom stereocenters. The lowest BCUT2D eigenvalue weighted by Gasteiger charge is -2.08. The molecule has 1 amide bonds. The first-order valence-electron chi connectivity index (χ1n) is 7.42. The molecule has 1 aromatic heterocycles. The second-order valence-electron chi connectivity index (χ2n) is 5.12. The van der Waals surface area contributed by atoms with E-state index in [-0.39, 0.29) is 5.69 Å². The van der Waals surface area contributed by atoms with E-state index in [4.69, 9.17) is 5.26 Å². The Balaban J connectivity index is 1.75. The smallest absolute Gasteiger partial charge is 0.276 e. The highest BCUT2D eigenvalue weighted by Gasteiger charge is 2.15. The number of hydrogen-bond acceptors (Lipinski definition) is 5. The topological polar surface area (TPSA) is 90.7 Å². The van der Waals surface area contributed by atoms with E-state index < -0.39 is 23.2 Å². The fourth-order valence-electron chi connectivity index (χ4n) is 2.13. The molecule has 0 spiro atoms. The van der Waals surface area contributed by atoms with Gasteiger partial charge in [0.25, 0.3) is 5.91 Å². The molecule has 3 aromatic rings.